The van der Waals surface area contributed by atoms with Crippen LogP contribution in [0, 0.1) is 5.82 Å². The Labute approximate surface area is 131 Å². The Morgan fingerprint density at radius 3 is 2.50 bits per heavy atom. The van der Waals surface area contributed by atoms with Crippen molar-refractivity contribution >= 4 is 35.1 Å². The lowest BCUT2D eigenvalue weighted by Crippen LogP contribution is -2.04. The van der Waals surface area contributed by atoms with Crippen LogP contribution < -0.4 is 9.46 Å². The van der Waals surface area contributed by atoms with Crippen LogP contribution in [0.3, 0.4) is 0 Å². The Morgan fingerprint density at radius 2 is 1.90 bits per heavy atom. The zero-order valence-corrected chi connectivity index (χ0v) is 12.9. The number of hydrogen-bond acceptors (Lipinski definition) is 3. The molecule has 2 aromatic carbocycles. The van der Waals surface area contributed by atoms with Gasteiger partial charge in [0.15, 0.2) is 11.6 Å². The summed E-state index contributed by atoms with van der Waals surface area (Å²) < 4.78 is 21.5. The molecule has 0 aliphatic heterocycles. The molecule has 0 aliphatic carbocycles. The van der Waals surface area contributed by atoms with Gasteiger partial charge in [0.2, 0.25) is 0 Å². The van der Waals surface area contributed by atoms with Crippen molar-refractivity contribution in [2.45, 2.75) is 11.4 Å². The van der Waals surface area contributed by atoms with E-state index in [0.717, 1.165) is 10.5 Å². The summed E-state index contributed by atoms with van der Waals surface area (Å²) in [5.74, 6) is -0.150. The molecule has 0 saturated heterocycles. The standard InChI is InChI=1S/C14H12Cl2FNOS/c1-19-13-6-5-9(7-12(13)17)8-18-20-14-10(15)3-2-4-11(14)16/h2-7,18H,8H2,1H3. The Morgan fingerprint density at radius 1 is 1.20 bits per heavy atom. The van der Waals surface area contributed by atoms with Gasteiger partial charge >= 0.3 is 0 Å². The highest BCUT2D eigenvalue weighted by Gasteiger charge is 2.07. The molecule has 0 atom stereocenters. The lowest BCUT2D eigenvalue weighted by atomic mass is 10.2. The monoisotopic (exact) mass is 331 g/mol. The van der Waals surface area contributed by atoms with E-state index in [2.05, 4.69) is 4.72 Å². The number of nitrogens with one attached hydrogen (secondary N) is 1. The first-order valence-corrected chi connectivity index (χ1v) is 7.35. The van der Waals surface area contributed by atoms with Crippen LogP contribution in [0.4, 0.5) is 4.39 Å². The van der Waals surface area contributed by atoms with Crippen LogP contribution in [0.25, 0.3) is 0 Å². The number of halogens is 3. The summed E-state index contributed by atoms with van der Waals surface area (Å²) in [6.45, 7) is 0.479. The van der Waals surface area contributed by atoms with Gasteiger partial charge in [0.1, 0.15) is 0 Å². The van der Waals surface area contributed by atoms with Gasteiger partial charge in [0.25, 0.3) is 0 Å². The van der Waals surface area contributed by atoms with Crippen molar-refractivity contribution in [1.82, 2.24) is 4.72 Å². The topological polar surface area (TPSA) is 21.3 Å². The fourth-order valence-corrected chi connectivity index (χ4v) is 2.93. The van der Waals surface area contributed by atoms with Gasteiger partial charge in [0, 0.05) is 6.54 Å². The molecule has 0 fully saturated rings. The lowest BCUT2D eigenvalue weighted by Gasteiger charge is -2.08. The molecule has 1 N–H and O–H groups in total. The third-order valence-electron chi connectivity index (χ3n) is 2.59. The minimum absolute atomic E-state index is 0.232. The van der Waals surface area contributed by atoms with Gasteiger partial charge in [-0.25, -0.2) is 4.39 Å². The minimum Gasteiger partial charge on any atom is -0.494 e. The summed E-state index contributed by atoms with van der Waals surface area (Å²) in [7, 11) is 1.44. The summed E-state index contributed by atoms with van der Waals surface area (Å²) in [6, 6.07) is 10.1. The number of ether oxygens (including phenoxy) is 1. The average Bonchev–Trinajstić information content (AvgIpc) is 2.42. The molecular formula is C14H12Cl2FNOS. The van der Waals surface area contributed by atoms with E-state index in [1.165, 1.54) is 25.1 Å². The molecule has 0 saturated carbocycles. The summed E-state index contributed by atoms with van der Waals surface area (Å²) in [5, 5.41) is 1.16. The van der Waals surface area contributed by atoms with Gasteiger partial charge in [-0.2, -0.15) is 0 Å². The van der Waals surface area contributed by atoms with Gasteiger partial charge in [-0.15, -0.1) is 0 Å². The molecule has 2 aromatic rings. The highest BCUT2D eigenvalue weighted by molar-refractivity contribution is 7.97. The first-order chi connectivity index (χ1) is 9.61. The van der Waals surface area contributed by atoms with Crippen molar-refractivity contribution in [3.05, 3.63) is 57.8 Å². The van der Waals surface area contributed by atoms with Gasteiger partial charge in [-0.3, -0.25) is 4.72 Å². The van der Waals surface area contributed by atoms with Crippen molar-refractivity contribution in [1.29, 1.82) is 0 Å². The maximum Gasteiger partial charge on any atom is 0.165 e. The van der Waals surface area contributed by atoms with E-state index in [0.29, 0.717) is 16.6 Å². The van der Waals surface area contributed by atoms with Crippen molar-refractivity contribution in [2.75, 3.05) is 7.11 Å². The normalized spacial score (nSPS) is 10.6. The zero-order valence-electron chi connectivity index (χ0n) is 10.6. The summed E-state index contributed by atoms with van der Waals surface area (Å²) in [6.07, 6.45) is 0. The van der Waals surface area contributed by atoms with Crippen LogP contribution in [0.5, 0.6) is 5.75 Å². The molecule has 2 rings (SSSR count). The number of methoxy groups -OCH3 is 1. The molecule has 2 nitrogen and oxygen atoms in total. The van der Waals surface area contributed by atoms with Crippen LogP contribution in [0.15, 0.2) is 41.3 Å². The van der Waals surface area contributed by atoms with Gasteiger partial charge in [-0.1, -0.05) is 35.3 Å². The second-order valence-corrected chi connectivity index (χ2v) is 5.66. The first-order valence-electron chi connectivity index (χ1n) is 5.78. The molecule has 0 amide bonds. The van der Waals surface area contributed by atoms with E-state index in [1.54, 1.807) is 30.3 Å². The second kappa shape index (κ2) is 7.18. The molecule has 6 heteroatoms. The summed E-state index contributed by atoms with van der Waals surface area (Å²) in [4.78, 5) is 0.754. The summed E-state index contributed by atoms with van der Waals surface area (Å²) >= 11 is 13.4. The van der Waals surface area contributed by atoms with Crippen LogP contribution in [0.1, 0.15) is 5.56 Å². The smallest absolute Gasteiger partial charge is 0.165 e. The van der Waals surface area contributed by atoms with Gasteiger partial charge in [0.05, 0.1) is 22.1 Å². The Hall–Kier alpha value is -0.940. The lowest BCUT2D eigenvalue weighted by molar-refractivity contribution is 0.386. The maximum absolute atomic E-state index is 13.5. The number of benzene rings is 2. The molecule has 106 valence electrons. The van der Waals surface area contributed by atoms with E-state index >= 15 is 0 Å². The third kappa shape index (κ3) is 3.79. The van der Waals surface area contributed by atoms with Crippen LogP contribution >= 0.6 is 35.1 Å². The molecular weight excluding hydrogens is 320 g/mol. The zero-order chi connectivity index (χ0) is 14.5. The van der Waals surface area contributed by atoms with E-state index < -0.39 is 0 Å². The fourth-order valence-electron chi connectivity index (χ4n) is 1.59. The molecule has 0 radical (unpaired) electrons. The summed E-state index contributed by atoms with van der Waals surface area (Å²) in [5.41, 5.74) is 0.805. The Kier molecular flexibility index (Phi) is 5.54. The van der Waals surface area contributed by atoms with Gasteiger partial charge < -0.3 is 4.74 Å². The van der Waals surface area contributed by atoms with Crippen LogP contribution in [-0.4, -0.2) is 7.11 Å². The Bertz CT molecular complexity index is 589. The molecule has 0 heterocycles. The van der Waals surface area contributed by atoms with E-state index in [9.17, 15) is 4.39 Å². The van der Waals surface area contributed by atoms with Crippen LogP contribution in [-0.2, 0) is 6.54 Å². The first kappa shape index (κ1) is 15.4. The molecule has 20 heavy (non-hydrogen) atoms. The van der Waals surface area contributed by atoms with E-state index in [4.69, 9.17) is 27.9 Å². The molecule has 0 unspecified atom stereocenters. The molecule has 0 spiro atoms. The number of rotatable bonds is 5. The Balaban J connectivity index is 1.98. The molecule has 0 bridgehead atoms. The van der Waals surface area contributed by atoms with Crippen LogP contribution in [0.2, 0.25) is 10.0 Å². The van der Waals surface area contributed by atoms with Crippen molar-refractivity contribution < 1.29 is 9.13 Å². The number of hydrogen-bond donors (Lipinski definition) is 1. The second-order valence-electron chi connectivity index (χ2n) is 3.94. The maximum atomic E-state index is 13.5. The van der Waals surface area contributed by atoms with Crippen molar-refractivity contribution in [2.24, 2.45) is 0 Å². The predicted molar refractivity (Wildman–Crippen MR) is 82.1 cm³/mol. The van der Waals surface area contributed by atoms with Gasteiger partial charge in [-0.05, 0) is 41.8 Å². The van der Waals surface area contributed by atoms with Crippen molar-refractivity contribution in [3.8, 4) is 5.75 Å². The quantitative estimate of drug-likeness (QED) is 0.784. The average molecular weight is 332 g/mol. The predicted octanol–water partition coefficient (Wildman–Crippen LogP) is 4.94. The fraction of sp³-hybridized carbons (Fsp3) is 0.143. The molecule has 0 aromatic heterocycles. The van der Waals surface area contributed by atoms with E-state index in [1.807, 2.05) is 0 Å². The van der Waals surface area contributed by atoms with Crippen molar-refractivity contribution in [3.63, 3.8) is 0 Å². The highest BCUT2D eigenvalue weighted by atomic mass is 35.5. The minimum atomic E-state index is -0.382. The van der Waals surface area contributed by atoms with E-state index in [-0.39, 0.29) is 11.6 Å². The molecule has 0 aliphatic rings. The SMILES string of the molecule is COc1ccc(CNSc2c(Cl)cccc2Cl)cc1F. The highest BCUT2D eigenvalue weighted by Crippen LogP contribution is 2.32. The third-order valence-corrected chi connectivity index (χ3v) is 4.37. The largest absolute Gasteiger partial charge is 0.494 e.